The molecule has 7 heteroatoms. The van der Waals surface area contributed by atoms with Crippen LogP contribution in [0.5, 0.6) is 17.2 Å². The Morgan fingerprint density at radius 2 is 1.74 bits per heavy atom. The fourth-order valence-electron chi connectivity index (χ4n) is 1.38. The molecule has 1 aromatic carbocycles. The normalized spacial score (nSPS) is 12.6. The Morgan fingerprint density at radius 3 is 2.26 bits per heavy atom. The first-order valence-electron chi connectivity index (χ1n) is 5.69. The van der Waals surface area contributed by atoms with Gasteiger partial charge in [0, 0.05) is 24.9 Å². The third-order valence-electron chi connectivity index (χ3n) is 3.08. The van der Waals surface area contributed by atoms with Gasteiger partial charge in [-0.05, 0) is 19.9 Å². The molecule has 0 bridgehead atoms. The zero-order valence-corrected chi connectivity index (χ0v) is 12.0. The summed E-state index contributed by atoms with van der Waals surface area (Å²) in [4.78, 5) is 0. The molecular weight excluding hydrogens is 270 g/mol. The SMILES string of the molecule is CC(C)(CNCc1ccc(O)c(O)c1O)S(C)(=O)=O. The average Bonchev–Trinajstić information content (AvgIpc) is 2.27. The van der Waals surface area contributed by atoms with E-state index in [-0.39, 0.29) is 13.1 Å². The van der Waals surface area contributed by atoms with E-state index in [0.29, 0.717) is 5.56 Å². The topological polar surface area (TPSA) is 107 Å². The molecule has 1 rings (SSSR count). The summed E-state index contributed by atoms with van der Waals surface area (Å²) < 4.78 is 22.1. The Balaban J connectivity index is 2.72. The molecule has 0 radical (unpaired) electrons. The quantitative estimate of drug-likeness (QED) is 0.595. The molecule has 4 N–H and O–H groups in total. The summed E-state index contributed by atoms with van der Waals surface area (Å²) in [6.07, 6.45) is 1.17. The lowest BCUT2D eigenvalue weighted by Gasteiger charge is -2.23. The maximum Gasteiger partial charge on any atom is 0.200 e. The van der Waals surface area contributed by atoms with E-state index in [1.54, 1.807) is 13.8 Å². The van der Waals surface area contributed by atoms with Gasteiger partial charge in [0.05, 0.1) is 4.75 Å². The maximum atomic E-state index is 11.5. The molecule has 0 atom stereocenters. The molecule has 0 saturated carbocycles. The Bertz CT molecular complexity index is 566. The lowest BCUT2D eigenvalue weighted by Crippen LogP contribution is -2.41. The zero-order valence-electron chi connectivity index (χ0n) is 11.1. The molecule has 0 aliphatic rings. The van der Waals surface area contributed by atoms with E-state index in [2.05, 4.69) is 5.32 Å². The number of hydrogen-bond donors (Lipinski definition) is 4. The molecule has 0 spiro atoms. The van der Waals surface area contributed by atoms with Crippen LogP contribution in [0.4, 0.5) is 0 Å². The number of nitrogens with one attached hydrogen (secondary N) is 1. The molecule has 108 valence electrons. The predicted octanol–water partition coefficient (Wildman–Crippen LogP) is 0.716. The molecular formula is C12H19NO5S. The smallest absolute Gasteiger partial charge is 0.200 e. The van der Waals surface area contributed by atoms with Gasteiger partial charge in [0.15, 0.2) is 21.3 Å². The van der Waals surface area contributed by atoms with Crippen molar-refractivity contribution in [3.05, 3.63) is 17.7 Å². The van der Waals surface area contributed by atoms with E-state index in [0.717, 1.165) is 0 Å². The minimum atomic E-state index is -3.20. The number of phenolic OH excluding ortho intramolecular Hbond substituents is 3. The summed E-state index contributed by atoms with van der Waals surface area (Å²) in [6.45, 7) is 3.58. The molecule has 19 heavy (non-hydrogen) atoms. The van der Waals surface area contributed by atoms with E-state index in [9.17, 15) is 23.7 Å². The highest BCUT2D eigenvalue weighted by Gasteiger charge is 2.29. The Kier molecular flexibility index (Phi) is 4.32. The van der Waals surface area contributed by atoms with E-state index >= 15 is 0 Å². The van der Waals surface area contributed by atoms with Crippen molar-refractivity contribution in [2.75, 3.05) is 12.8 Å². The van der Waals surface area contributed by atoms with Crippen LogP contribution in [0, 0.1) is 0 Å². The third kappa shape index (κ3) is 3.51. The molecule has 0 fully saturated rings. The summed E-state index contributed by atoms with van der Waals surface area (Å²) in [5.74, 6) is -1.40. The Hall–Kier alpha value is -1.47. The van der Waals surface area contributed by atoms with Crippen LogP contribution in [0.3, 0.4) is 0 Å². The average molecular weight is 289 g/mol. The van der Waals surface area contributed by atoms with Gasteiger partial charge >= 0.3 is 0 Å². The van der Waals surface area contributed by atoms with Crippen molar-refractivity contribution in [3.8, 4) is 17.2 Å². The molecule has 0 saturated heterocycles. The summed E-state index contributed by atoms with van der Waals surface area (Å²) in [5, 5.41) is 31.0. The first kappa shape index (κ1) is 15.6. The monoisotopic (exact) mass is 289 g/mol. The molecule has 1 aromatic rings. The molecule has 0 aromatic heterocycles. The van der Waals surface area contributed by atoms with Gasteiger partial charge in [-0.1, -0.05) is 6.07 Å². The lowest BCUT2D eigenvalue weighted by atomic mass is 10.1. The van der Waals surface area contributed by atoms with Gasteiger partial charge in [0.1, 0.15) is 0 Å². The highest BCUT2D eigenvalue weighted by molar-refractivity contribution is 7.92. The van der Waals surface area contributed by atoms with Gasteiger partial charge < -0.3 is 20.6 Å². The van der Waals surface area contributed by atoms with Gasteiger partial charge in [-0.2, -0.15) is 0 Å². The molecule has 0 aliphatic carbocycles. The third-order valence-corrected chi connectivity index (χ3v) is 5.24. The first-order valence-corrected chi connectivity index (χ1v) is 7.58. The van der Waals surface area contributed by atoms with Crippen molar-refractivity contribution in [1.29, 1.82) is 0 Å². The van der Waals surface area contributed by atoms with Crippen LogP contribution in [0.25, 0.3) is 0 Å². The van der Waals surface area contributed by atoms with Gasteiger partial charge in [0.2, 0.25) is 5.75 Å². The van der Waals surface area contributed by atoms with Crippen LogP contribution in [0.1, 0.15) is 19.4 Å². The second kappa shape index (κ2) is 5.26. The van der Waals surface area contributed by atoms with Gasteiger partial charge in [-0.25, -0.2) is 8.42 Å². The van der Waals surface area contributed by atoms with Crippen molar-refractivity contribution in [3.63, 3.8) is 0 Å². The second-order valence-corrected chi connectivity index (χ2v) is 7.73. The van der Waals surface area contributed by atoms with E-state index < -0.39 is 31.8 Å². The van der Waals surface area contributed by atoms with E-state index in [1.807, 2.05) is 0 Å². The number of hydrogen-bond acceptors (Lipinski definition) is 6. The Labute approximate surface area is 112 Å². The number of phenols is 3. The van der Waals surface area contributed by atoms with Crippen molar-refractivity contribution in [2.24, 2.45) is 0 Å². The first-order chi connectivity index (χ1) is 8.56. The molecule has 6 nitrogen and oxygen atoms in total. The minimum Gasteiger partial charge on any atom is -0.504 e. The van der Waals surface area contributed by atoms with Crippen LogP contribution in [0.2, 0.25) is 0 Å². The fourth-order valence-corrected chi connectivity index (χ4v) is 1.75. The van der Waals surface area contributed by atoms with Crippen LogP contribution in [-0.2, 0) is 16.4 Å². The van der Waals surface area contributed by atoms with Crippen molar-refractivity contribution in [2.45, 2.75) is 25.1 Å². The number of benzene rings is 1. The molecule has 0 aliphatic heterocycles. The number of aromatic hydroxyl groups is 3. The molecule has 0 amide bonds. The summed E-state index contributed by atoms with van der Waals surface area (Å²) in [6, 6.07) is 2.71. The summed E-state index contributed by atoms with van der Waals surface area (Å²) in [7, 11) is -3.20. The van der Waals surface area contributed by atoms with E-state index in [1.165, 1.54) is 18.4 Å². The van der Waals surface area contributed by atoms with Gasteiger partial charge in [-0.15, -0.1) is 0 Å². The van der Waals surface area contributed by atoms with Crippen molar-refractivity contribution in [1.82, 2.24) is 5.32 Å². The second-order valence-electron chi connectivity index (χ2n) is 5.08. The maximum absolute atomic E-state index is 11.5. The largest absolute Gasteiger partial charge is 0.504 e. The summed E-state index contributed by atoms with van der Waals surface area (Å²) in [5.41, 5.74) is 0.375. The van der Waals surface area contributed by atoms with Crippen LogP contribution in [0.15, 0.2) is 12.1 Å². The molecule has 0 unspecified atom stereocenters. The zero-order chi connectivity index (χ0) is 14.8. The van der Waals surface area contributed by atoms with Crippen LogP contribution < -0.4 is 5.32 Å². The van der Waals surface area contributed by atoms with E-state index in [4.69, 9.17) is 0 Å². The number of rotatable bonds is 5. The van der Waals surface area contributed by atoms with Crippen molar-refractivity contribution >= 4 is 9.84 Å². The standard InChI is InChI=1S/C12H19NO5S/c1-12(2,19(3,17)18)7-13-6-8-4-5-9(14)11(16)10(8)15/h4-5,13-16H,6-7H2,1-3H3. The lowest BCUT2D eigenvalue weighted by molar-refractivity contribution is 0.364. The van der Waals surface area contributed by atoms with Gasteiger partial charge in [0.25, 0.3) is 0 Å². The number of sulfone groups is 1. The Morgan fingerprint density at radius 1 is 1.16 bits per heavy atom. The highest BCUT2D eigenvalue weighted by Crippen LogP contribution is 2.36. The fraction of sp³-hybridized carbons (Fsp3) is 0.500. The minimum absolute atomic E-state index is 0.179. The van der Waals surface area contributed by atoms with Crippen LogP contribution >= 0.6 is 0 Å². The van der Waals surface area contributed by atoms with Gasteiger partial charge in [-0.3, -0.25) is 0 Å². The predicted molar refractivity (Wildman–Crippen MR) is 72.1 cm³/mol. The van der Waals surface area contributed by atoms with Crippen LogP contribution in [-0.4, -0.2) is 41.3 Å². The highest BCUT2D eigenvalue weighted by atomic mass is 32.2. The van der Waals surface area contributed by atoms with Crippen molar-refractivity contribution < 1.29 is 23.7 Å². The summed E-state index contributed by atoms with van der Waals surface area (Å²) >= 11 is 0. The molecule has 0 heterocycles.